The van der Waals surface area contributed by atoms with Gasteiger partial charge in [0, 0.05) is 11.5 Å². The van der Waals surface area contributed by atoms with E-state index < -0.39 is 0 Å². The topological polar surface area (TPSA) is 20.2 Å². The molecular formula is C12H14O. The van der Waals surface area contributed by atoms with Crippen LogP contribution in [0.1, 0.15) is 19.4 Å². The summed E-state index contributed by atoms with van der Waals surface area (Å²) in [6.07, 6.45) is -0.365. The Bertz CT molecular complexity index is 303. The van der Waals surface area contributed by atoms with Gasteiger partial charge in [-0.15, -0.1) is 0 Å². The molecule has 0 saturated heterocycles. The van der Waals surface area contributed by atoms with Gasteiger partial charge in [-0.25, -0.2) is 0 Å². The molecule has 13 heavy (non-hydrogen) atoms. The van der Waals surface area contributed by atoms with E-state index in [9.17, 15) is 5.11 Å². The van der Waals surface area contributed by atoms with Gasteiger partial charge in [0.05, 0.1) is 6.10 Å². The Hall–Kier alpha value is -1.26. The molecule has 1 N–H and O–H groups in total. The maximum absolute atomic E-state index is 9.20. The molecule has 68 valence electrons. The molecule has 0 fully saturated rings. The van der Waals surface area contributed by atoms with Crippen molar-refractivity contribution >= 4 is 0 Å². The van der Waals surface area contributed by atoms with Crippen molar-refractivity contribution in [3.05, 3.63) is 35.9 Å². The van der Waals surface area contributed by atoms with Crippen LogP contribution < -0.4 is 0 Å². The van der Waals surface area contributed by atoms with Gasteiger partial charge < -0.3 is 5.11 Å². The lowest BCUT2D eigenvalue weighted by molar-refractivity contribution is 0.161. The van der Waals surface area contributed by atoms with Crippen LogP contribution in [0.5, 0.6) is 0 Å². The molecule has 0 amide bonds. The maximum Gasteiger partial charge on any atom is 0.0646 e. The molecule has 2 unspecified atom stereocenters. The van der Waals surface area contributed by atoms with Gasteiger partial charge in [-0.1, -0.05) is 30.0 Å². The zero-order valence-corrected chi connectivity index (χ0v) is 7.99. The van der Waals surface area contributed by atoms with Crippen LogP contribution in [0.15, 0.2) is 30.3 Å². The van der Waals surface area contributed by atoms with E-state index in [0.717, 1.165) is 5.56 Å². The summed E-state index contributed by atoms with van der Waals surface area (Å²) in [5.41, 5.74) is 0.995. The van der Waals surface area contributed by atoms with Crippen molar-refractivity contribution in [1.29, 1.82) is 0 Å². The summed E-state index contributed by atoms with van der Waals surface area (Å²) in [4.78, 5) is 0. The first kappa shape index (κ1) is 9.83. The Balaban J connectivity index is 2.68. The average molecular weight is 174 g/mol. The summed E-state index contributed by atoms with van der Waals surface area (Å²) in [6.45, 7) is 3.67. The van der Waals surface area contributed by atoms with E-state index in [-0.39, 0.29) is 12.0 Å². The summed E-state index contributed by atoms with van der Waals surface area (Å²) >= 11 is 0. The Kier molecular flexibility index (Phi) is 3.54. The van der Waals surface area contributed by atoms with E-state index in [0.29, 0.717) is 0 Å². The van der Waals surface area contributed by atoms with E-state index in [1.807, 2.05) is 37.3 Å². The Morgan fingerprint density at radius 1 is 1.15 bits per heavy atom. The summed E-state index contributed by atoms with van der Waals surface area (Å²) in [5.74, 6) is 6.04. The predicted molar refractivity (Wildman–Crippen MR) is 54.2 cm³/mol. The molecule has 1 heteroatoms. The van der Waals surface area contributed by atoms with Gasteiger partial charge in [-0.3, -0.25) is 0 Å². The predicted octanol–water partition coefficient (Wildman–Crippen LogP) is 2.05. The second kappa shape index (κ2) is 4.69. The molecule has 0 radical (unpaired) electrons. The minimum Gasteiger partial charge on any atom is -0.392 e. The lowest BCUT2D eigenvalue weighted by Gasteiger charge is -2.05. The molecule has 0 aliphatic heterocycles. The first-order valence-electron chi connectivity index (χ1n) is 4.45. The molecule has 2 atom stereocenters. The minimum absolute atomic E-state index is 0.0280. The molecule has 0 bridgehead atoms. The zero-order chi connectivity index (χ0) is 9.68. The van der Waals surface area contributed by atoms with Crippen molar-refractivity contribution in [3.63, 3.8) is 0 Å². The quantitative estimate of drug-likeness (QED) is 0.646. The van der Waals surface area contributed by atoms with Crippen LogP contribution in [-0.2, 0) is 0 Å². The van der Waals surface area contributed by atoms with Crippen LogP contribution in [0.3, 0.4) is 0 Å². The number of hydrogen-bond acceptors (Lipinski definition) is 1. The number of rotatable bonds is 1. The molecule has 1 nitrogen and oxygen atoms in total. The van der Waals surface area contributed by atoms with E-state index >= 15 is 0 Å². The van der Waals surface area contributed by atoms with Gasteiger partial charge >= 0.3 is 0 Å². The fraction of sp³-hybridized carbons (Fsp3) is 0.333. The first-order valence-corrected chi connectivity index (χ1v) is 4.45. The third-order valence-electron chi connectivity index (χ3n) is 1.94. The van der Waals surface area contributed by atoms with Gasteiger partial charge in [-0.2, -0.15) is 0 Å². The van der Waals surface area contributed by atoms with E-state index in [4.69, 9.17) is 0 Å². The minimum atomic E-state index is -0.365. The lowest BCUT2D eigenvalue weighted by Crippen LogP contribution is -2.10. The van der Waals surface area contributed by atoms with Crippen molar-refractivity contribution in [1.82, 2.24) is 0 Å². The zero-order valence-electron chi connectivity index (χ0n) is 7.99. The van der Waals surface area contributed by atoms with Crippen molar-refractivity contribution in [3.8, 4) is 11.8 Å². The van der Waals surface area contributed by atoms with Crippen LogP contribution >= 0.6 is 0 Å². The van der Waals surface area contributed by atoms with Crippen molar-refractivity contribution < 1.29 is 5.11 Å². The van der Waals surface area contributed by atoms with E-state index in [2.05, 4.69) is 11.8 Å². The van der Waals surface area contributed by atoms with Gasteiger partial charge in [0.25, 0.3) is 0 Å². The third-order valence-corrected chi connectivity index (χ3v) is 1.94. The number of benzene rings is 1. The molecule has 1 aromatic rings. The summed E-state index contributed by atoms with van der Waals surface area (Å²) < 4.78 is 0. The molecule has 0 aliphatic rings. The molecule has 0 saturated carbocycles. The van der Waals surface area contributed by atoms with Gasteiger partial charge in [0.1, 0.15) is 0 Å². The molecule has 0 heterocycles. The SMILES string of the molecule is CC(O)C(C)C#Cc1ccccc1. The smallest absolute Gasteiger partial charge is 0.0646 e. The Labute approximate surface area is 79.4 Å². The molecule has 0 aliphatic carbocycles. The molecular weight excluding hydrogens is 160 g/mol. The van der Waals surface area contributed by atoms with Crippen LogP contribution in [0.25, 0.3) is 0 Å². The highest BCUT2D eigenvalue weighted by Gasteiger charge is 2.02. The van der Waals surface area contributed by atoms with Gasteiger partial charge in [0.2, 0.25) is 0 Å². The van der Waals surface area contributed by atoms with E-state index in [1.54, 1.807) is 6.92 Å². The number of aliphatic hydroxyl groups is 1. The fourth-order valence-corrected chi connectivity index (χ4v) is 0.839. The van der Waals surface area contributed by atoms with Crippen molar-refractivity contribution in [2.45, 2.75) is 20.0 Å². The molecule has 0 aromatic heterocycles. The normalized spacial score (nSPS) is 14.1. The third kappa shape index (κ3) is 3.31. The summed E-state index contributed by atoms with van der Waals surface area (Å²) in [6, 6.07) is 9.79. The standard InChI is InChI=1S/C12H14O/c1-10(11(2)13)8-9-12-6-4-3-5-7-12/h3-7,10-11,13H,1-2H3. The Morgan fingerprint density at radius 2 is 1.77 bits per heavy atom. The highest BCUT2D eigenvalue weighted by Crippen LogP contribution is 2.01. The monoisotopic (exact) mass is 174 g/mol. The summed E-state index contributed by atoms with van der Waals surface area (Å²) in [5, 5.41) is 9.20. The highest BCUT2D eigenvalue weighted by atomic mass is 16.3. The van der Waals surface area contributed by atoms with Crippen LogP contribution in [0, 0.1) is 17.8 Å². The fourth-order valence-electron chi connectivity index (χ4n) is 0.839. The lowest BCUT2D eigenvalue weighted by atomic mass is 10.1. The van der Waals surface area contributed by atoms with Crippen LogP contribution in [-0.4, -0.2) is 11.2 Å². The van der Waals surface area contributed by atoms with Gasteiger partial charge in [-0.05, 0) is 26.0 Å². The van der Waals surface area contributed by atoms with E-state index in [1.165, 1.54) is 0 Å². The molecule has 0 spiro atoms. The second-order valence-electron chi connectivity index (χ2n) is 3.16. The number of hydrogen-bond donors (Lipinski definition) is 1. The van der Waals surface area contributed by atoms with Crippen LogP contribution in [0.4, 0.5) is 0 Å². The first-order chi connectivity index (χ1) is 6.20. The average Bonchev–Trinajstić information content (AvgIpc) is 2.15. The molecule has 1 aromatic carbocycles. The Morgan fingerprint density at radius 3 is 2.31 bits per heavy atom. The van der Waals surface area contributed by atoms with Crippen molar-refractivity contribution in [2.24, 2.45) is 5.92 Å². The highest BCUT2D eigenvalue weighted by molar-refractivity contribution is 5.34. The van der Waals surface area contributed by atoms with Gasteiger partial charge in [0.15, 0.2) is 0 Å². The number of aliphatic hydroxyl groups excluding tert-OH is 1. The summed E-state index contributed by atoms with van der Waals surface area (Å²) in [7, 11) is 0. The largest absolute Gasteiger partial charge is 0.392 e. The molecule has 1 rings (SSSR count). The van der Waals surface area contributed by atoms with Crippen molar-refractivity contribution in [2.75, 3.05) is 0 Å². The maximum atomic E-state index is 9.20. The second-order valence-corrected chi connectivity index (χ2v) is 3.16. The van der Waals surface area contributed by atoms with Crippen LogP contribution in [0.2, 0.25) is 0 Å².